The van der Waals surface area contributed by atoms with E-state index in [0.29, 0.717) is 12.1 Å². The van der Waals surface area contributed by atoms with E-state index in [4.69, 9.17) is 11.5 Å². The van der Waals surface area contributed by atoms with E-state index in [2.05, 4.69) is 24.1 Å². The lowest BCUT2D eigenvalue weighted by Crippen LogP contribution is -2.36. The van der Waals surface area contributed by atoms with E-state index in [1.807, 2.05) is 0 Å². The molecular weight excluding hydrogens is 216 g/mol. The number of hydrogen-bond donors (Lipinski definition) is 3. The maximum atomic E-state index is 10.9. The van der Waals surface area contributed by atoms with Crippen LogP contribution in [0.1, 0.15) is 37.0 Å². The molecule has 1 aromatic rings. The molecule has 5 nitrogen and oxygen atoms in total. The largest absolute Gasteiger partial charge is 0.366 e. The number of rotatable bonds is 6. The molecule has 1 heterocycles. The van der Waals surface area contributed by atoms with Crippen LogP contribution in [0.5, 0.6) is 0 Å². The van der Waals surface area contributed by atoms with Gasteiger partial charge in [0, 0.05) is 11.7 Å². The van der Waals surface area contributed by atoms with Gasteiger partial charge in [0.25, 0.3) is 0 Å². The smallest absolute Gasteiger partial charge is 0.250 e. The standard InChI is InChI=1S/C12H20N4O/c1-3-12(2,6-7-13)16-10-5-4-9(8-15-10)11(14)17/h4-5,8H,3,6-7,13H2,1-2H3,(H2,14,17)(H,15,16). The highest BCUT2D eigenvalue weighted by Crippen LogP contribution is 2.19. The van der Waals surface area contributed by atoms with Gasteiger partial charge < -0.3 is 16.8 Å². The summed E-state index contributed by atoms with van der Waals surface area (Å²) in [6, 6.07) is 3.42. The summed E-state index contributed by atoms with van der Waals surface area (Å²) in [5.74, 6) is 0.261. The summed E-state index contributed by atoms with van der Waals surface area (Å²) in [6.07, 6.45) is 3.29. The molecule has 1 amide bonds. The van der Waals surface area contributed by atoms with Gasteiger partial charge in [-0.1, -0.05) is 6.92 Å². The predicted molar refractivity (Wildman–Crippen MR) is 68.7 cm³/mol. The first-order valence-corrected chi connectivity index (χ1v) is 5.75. The Morgan fingerprint density at radius 3 is 2.65 bits per heavy atom. The average Bonchev–Trinajstić information content (AvgIpc) is 2.30. The van der Waals surface area contributed by atoms with Crippen molar-refractivity contribution >= 4 is 11.7 Å². The average molecular weight is 236 g/mol. The zero-order valence-corrected chi connectivity index (χ0v) is 10.4. The second-order valence-corrected chi connectivity index (χ2v) is 4.37. The second kappa shape index (κ2) is 5.63. The van der Waals surface area contributed by atoms with Gasteiger partial charge in [-0.15, -0.1) is 0 Å². The highest BCUT2D eigenvalue weighted by Gasteiger charge is 2.20. The number of amides is 1. The summed E-state index contributed by atoms with van der Waals surface area (Å²) in [7, 11) is 0. The molecule has 5 heteroatoms. The van der Waals surface area contributed by atoms with Crippen molar-refractivity contribution in [3.05, 3.63) is 23.9 Å². The molecule has 0 aromatic carbocycles. The minimum Gasteiger partial charge on any atom is -0.366 e. The first kappa shape index (κ1) is 13.4. The fraction of sp³-hybridized carbons (Fsp3) is 0.500. The molecule has 0 saturated heterocycles. The number of aromatic nitrogens is 1. The van der Waals surface area contributed by atoms with Gasteiger partial charge in [-0.2, -0.15) is 0 Å². The number of nitrogens with two attached hydrogens (primary N) is 2. The van der Waals surface area contributed by atoms with E-state index >= 15 is 0 Å². The maximum Gasteiger partial charge on any atom is 0.250 e. The number of carbonyl (C=O) groups is 1. The van der Waals surface area contributed by atoms with E-state index in [-0.39, 0.29) is 5.54 Å². The van der Waals surface area contributed by atoms with Crippen molar-refractivity contribution in [1.82, 2.24) is 4.98 Å². The lowest BCUT2D eigenvalue weighted by Gasteiger charge is -2.29. The first-order valence-electron chi connectivity index (χ1n) is 5.75. The summed E-state index contributed by atoms with van der Waals surface area (Å²) in [5, 5.41) is 3.33. The predicted octanol–water partition coefficient (Wildman–Crippen LogP) is 1.11. The normalized spacial score (nSPS) is 14.1. The molecule has 1 rings (SSSR count). The molecule has 1 atom stereocenters. The Balaban J connectivity index is 2.77. The topological polar surface area (TPSA) is 94.0 Å². The lowest BCUT2D eigenvalue weighted by atomic mass is 9.94. The Labute approximate surface area is 102 Å². The first-order chi connectivity index (χ1) is 8.00. The zero-order valence-electron chi connectivity index (χ0n) is 10.4. The second-order valence-electron chi connectivity index (χ2n) is 4.37. The molecule has 17 heavy (non-hydrogen) atoms. The number of nitrogens with zero attached hydrogens (tertiary/aromatic N) is 1. The molecule has 0 saturated carbocycles. The third kappa shape index (κ3) is 3.71. The Kier molecular flexibility index (Phi) is 4.45. The molecule has 0 radical (unpaired) electrons. The molecule has 0 spiro atoms. The summed E-state index contributed by atoms with van der Waals surface area (Å²) >= 11 is 0. The highest BCUT2D eigenvalue weighted by molar-refractivity contribution is 5.92. The van der Waals surface area contributed by atoms with E-state index in [1.54, 1.807) is 12.1 Å². The minimum absolute atomic E-state index is 0.0734. The van der Waals surface area contributed by atoms with Crippen LogP contribution in [0, 0.1) is 0 Å². The SMILES string of the molecule is CCC(C)(CCN)Nc1ccc(C(N)=O)cn1. The van der Waals surface area contributed by atoms with Gasteiger partial charge in [0.1, 0.15) is 5.82 Å². The number of nitrogens with one attached hydrogen (secondary N) is 1. The number of carbonyl (C=O) groups excluding carboxylic acids is 1. The minimum atomic E-state index is -0.468. The number of anilines is 1. The molecular formula is C12H20N4O. The Morgan fingerprint density at radius 2 is 2.24 bits per heavy atom. The molecule has 0 aliphatic heterocycles. The third-order valence-electron chi connectivity index (χ3n) is 2.95. The van der Waals surface area contributed by atoms with E-state index in [1.165, 1.54) is 6.20 Å². The number of hydrogen-bond acceptors (Lipinski definition) is 4. The van der Waals surface area contributed by atoms with Gasteiger partial charge >= 0.3 is 0 Å². The zero-order chi connectivity index (χ0) is 12.9. The fourth-order valence-electron chi connectivity index (χ4n) is 1.57. The summed E-state index contributed by atoms with van der Waals surface area (Å²) in [5.41, 5.74) is 11.1. The summed E-state index contributed by atoms with van der Waals surface area (Å²) in [6.45, 7) is 4.82. The molecule has 1 unspecified atom stereocenters. The maximum absolute atomic E-state index is 10.9. The molecule has 0 aliphatic rings. The van der Waals surface area contributed by atoms with Gasteiger partial charge in [0.05, 0.1) is 5.56 Å². The summed E-state index contributed by atoms with van der Waals surface area (Å²) in [4.78, 5) is 15.1. The van der Waals surface area contributed by atoms with E-state index < -0.39 is 5.91 Å². The van der Waals surface area contributed by atoms with Crippen molar-refractivity contribution in [2.45, 2.75) is 32.2 Å². The van der Waals surface area contributed by atoms with Gasteiger partial charge in [0.2, 0.25) is 5.91 Å². The number of pyridine rings is 1. The van der Waals surface area contributed by atoms with Crippen LogP contribution in [0.15, 0.2) is 18.3 Å². The van der Waals surface area contributed by atoms with Crippen LogP contribution in [-0.2, 0) is 0 Å². The van der Waals surface area contributed by atoms with Crippen molar-refractivity contribution in [3.8, 4) is 0 Å². The van der Waals surface area contributed by atoms with Crippen molar-refractivity contribution < 1.29 is 4.79 Å². The van der Waals surface area contributed by atoms with Gasteiger partial charge in [-0.3, -0.25) is 4.79 Å². The van der Waals surface area contributed by atoms with E-state index in [0.717, 1.165) is 18.7 Å². The van der Waals surface area contributed by atoms with Gasteiger partial charge in [-0.05, 0) is 38.4 Å². The van der Waals surface area contributed by atoms with E-state index in [9.17, 15) is 4.79 Å². The molecule has 0 bridgehead atoms. The molecule has 0 fully saturated rings. The Bertz CT molecular complexity index is 377. The van der Waals surface area contributed by atoms with Crippen LogP contribution in [0.4, 0.5) is 5.82 Å². The molecule has 1 aromatic heterocycles. The van der Waals surface area contributed by atoms with Crippen molar-refractivity contribution in [3.63, 3.8) is 0 Å². The van der Waals surface area contributed by atoms with Crippen molar-refractivity contribution in [2.75, 3.05) is 11.9 Å². The molecule has 5 N–H and O–H groups in total. The van der Waals surface area contributed by atoms with Crippen molar-refractivity contribution in [1.29, 1.82) is 0 Å². The molecule has 0 aliphatic carbocycles. The number of primary amides is 1. The molecule has 94 valence electrons. The van der Waals surface area contributed by atoms with Crippen LogP contribution < -0.4 is 16.8 Å². The van der Waals surface area contributed by atoms with Crippen LogP contribution >= 0.6 is 0 Å². The van der Waals surface area contributed by atoms with Crippen molar-refractivity contribution in [2.24, 2.45) is 11.5 Å². The van der Waals surface area contributed by atoms with Crippen LogP contribution in [0.3, 0.4) is 0 Å². The Morgan fingerprint density at radius 1 is 1.53 bits per heavy atom. The van der Waals surface area contributed by atoms with Gasteiger partial charge in [0.15, 0.2) is 0 Å². The lowest BCUT2D eigenvalue weighted by molar-refractivity contribution is 0.1000. The van der Waals surface area contributed by atoms with Crippen LogP contribution in [-0.4, -0.2) is 23.0 Å². The Hall–Kier alpha value is -1.62. The third-order valence-corrected chi connectivity index (χ3v) is 2.95. The quantitative estimate of drug-likeness (QED) is 0.689. The fourth-order valence-corrected chi connectivity index (χ4v) is 1.57. The van der Waals surface area contributed by atoms with Gasteiger partial charge in [-0.25, -0.2) is 4.98 Å². The monoisotopic (exact) mass is 236 g/mol. The van der Waals surface area contributed by atoms with Crippen LogP contribution in [0.25, 0.3) is 0 Å². The summed E-state index contributed by atoms with van der Waals surface area (Å²) < 4.78 is 0. The van der Waals surface area contributed by atoms with Crippen LogP contribution in [0.2, 0.25) is 0 Å². The highest BCUT2D eigenvalue weighted by atomic mass is 16.1.